The third-order valence-electron chi connectivity index (χ3n) is 5.16. The highest BCUT2D eigenvalue weighted by atomic mass is 32.2. The van der Waals surface area contributed by atoms with Crippen molar-refractivity contribution < 1.29 is 27.5 Å². The predicted molar refractivity (Wildman–Crippen MR) is 119 cm³/mol. The van der Waals surface area contributed by atoms with Crippen LogP contribution in [0.4, 0.5) is 5.69 Å². The highest BCUT2D eigenvalue weighted by Gasteiger charge is 2.26. The molecule has 10 heteroatoms. The smallest absolute Gasteiger partial charge is 0.261 e. The molecule has 9 nitrogen and oxygen atoms in total. The normalized spacial score (nSPS) is 14.6. The molecule has 1 fully saturated rings. The van der Waals surface area contributed by atoms with Crippen molar-refractivity contribution in [3.8, 4) is 11.5 Å². The van der Waals surface area contributed by atoms with Gasteiger partial charge in [-0.05, 0) is 68.3 Å². The maximum Gasteiger partial charge on any atom is 0.261 e. The lowest BCUT2D eigenvalue weighted by Gasteiger charge is -2.30. The summed E-state index contributed by atoms with van der Waals surface area (Å²) in [6, 6.07) is 12.4. The van der Waals surface area contributed by atoms with Crippen molar-refractivity contribution >= 4 is 27.5 Å². The molecule has 2 amide bonds. The molecular weight excluding hydrogens is 434 g/mol. The van der Waals surface area contributed by atoms with E-state index in [1.54, 1.807) is 29.2 Å². The van der Waals surface area contributed by atoms with Gasteiger partial charge in [-0.25, -0.2) is 8.42 Å². The average molecular weight is 462 g/mol. The van der Waals surface area contributed by atoms with E-state index in [2.05, 4.69) is 4.72 Å². The van der Waals surface area contributed by atoms with Crippen molar-refractivity contribution in [3.63, 3.8) is 0 Å². The van der Waals surface area contributed by atoms with Crippen LogP contribution in [0.15, 0.2) is 53.4 Å². The van der Waals surface area contributed by atoms with Gasteiger partial charge < -0.3 is 20.1 Å². The highest BCUT2D eigenvalue weighted by molar-refractivity contribution is 7.92. The van der Waals surface area contributed by atoms with Crippen LogP contribution in [-0.2, 0) is 19.6 Å². The number of sulfonamides is 1. The first kappa shape index (κ1) is 23.4. The molecule has 0 bridgehead atoms. The van der Waals surface area contributed by atoms with E-state index in [1.807, 2.05) is 6.92 Å². The first-order chi connectivity index (χ1) is 15.3. The number of nitrogens with one attached hydrogen (secondary N) is 1. The number of amides is 2. The molecule has 3 rings (SSSR count). The number of nitrogens with two attached hydrogens (primary N) is 1. The standard InChI is InChI=1S/C22H27N3O6S/c1-2-30-18-5-3-17(4-6-18)24-32(28,29)20-9-7-19(8-10-20)31-15-21(26)25-13-11-16(12-14-25)22(23)27/h3-10,16,24H,2,11-15H2,1H3,(H2,23,27). The summed E-state index contributed by atoms with van der Waals surface area (Å²) in [7, 11) is -3.78. The lowest BCUT2D eigenvalue weighted by Crippen LogP contribution is -2.43. The van der Waals surface area contributed by atoms with Crippen LogP contribution < -0.4 is 19.9 Å². The fourth-order valence-corrected chi connectivity index (χ4v) is 4.42. The largest absolute Gasteiger partial charge is 0.494 e. The summed E-state index contributed by atoms with van der Waals surface area (Å²) in [6.45, 7) is 3.15. The fourth-order valence-electron chi connectivity index (χ4n) is 3.36. The lowest BCUT2D eigenvalue weighted by atomic mass is 9.96. The van der Waals surface area contributed by atoms with E-state index in [-0.39, 0.29) is 29.2 Å². The number of hydrogen-bond donors (Lipinski definition) is 2. The molecule has 0 aliphatic carbocycles. The Labute approximate surface area is 187 Å². The summed E-state index contributed by atoms with van der Waals surface area (Å²) < 4.78 is 38.5. The molecule has 32 heavy (non-hydrogen) atoms. The van der Waals surface area contributed by atoms with Gasteiger partial charge in [-0.1, -0.05) is 0 Å². The number of benzene rings is 2. The van der Waals surface area contributed by atoms with Crippen LogP contribution in [0.25, 0.3) is 0 Å². The molecule has 0 radical (unpaired) electrons. The lowest BCUT2D eigenvalue weighted by molar-refractivity contribution is -0.136. The molecule has 0 aromatic heterocycles. The zero-order chi connectivity index (χ0) is 23.1. The van der Waals surface area contributed by atoms with Crippen LogP contribution in [0.2, 0.25) is 0 Å². The molecule has 3 N–H and O–H groups in total. The summed E-state index contributed by atoms with van der Waals surface area (Å²) >= 11 is 0. The second kappa shape index (κ2) is 10.4. The molecule has 1 aliphatic heterocycles. The number of carbonyl (C=O) groups excluding carboxylic acids is 2. The Bertz CT molecular complexity index is 1030. The van der Waals surface area contributed by atoms with Crippen LogP contribution in [0.3, 0.4) is 0 Å². The summed E-state index contributed by atoms with van der Waals surface area (Å²) in [5.41, 5.74) is 5.72. The minimum absolute atomic E-state index is 0.0681. The Kier molecular flexibility index (Phi) is 7.57. The van der Waals surface area contributed by atoms with Gasteiger partial charge in [-0.3, -0.25) is 14.3 Å². The molecule has 0 spiro atoms. The minimum atomic E-state index is -3.78. The van der Waals surface area contributed by atoms with Crippen LogP contribution in [0, 0.1) is 5.92 Å². The van der Waals surface area contributed by atoms with E-state index in [0.717, 1.165) is 0 Å². The van der Waals surface area contributed by atoms with E-state index in [1.165, 1.54) is 24.3 Å². The van der Waals surface area contributed by atoms with Gasteiger partial charge in [-0.15, -0.1) is 0 Å². The number of piperidine rings is 1. The van der Waals surface area contributed by atoms with E-state index in [9.17, 15) is 18.0 Å². The van der Waals surface area contributed by atoms with Crippen molar-refractivity contribution in [2.24, 2.45) is 11.7 Å². The maximum absolute atomic E-state index is 12.6. The Morgan fingerprint density at radius 1 is 1.00 bits per heavy atom. The van der Waals surface area contributed by atoms with E-state index in [0.29, 0.717) is 49.7 Å². The van der Waals surface area contributed by atoms with Crippen molar-refractivity contribution in [2.75, 3.05) is 31.0 Å². The number of hydrogen-bond acceptors (Lipinski definition) is 6. The minimum Gasteiger partial charge on any atom is -0.494 e. The summed E-state index contributed by atoms with van der Waals surface area (Å²) in [6.07, 6.45) is 1.10. The molecule has 0 atom stereocenters. The molecule has 172 valence electrons. The van der Waals surface area contributed by atoms with Gasteiger partial charge in [0.15, 0.2) is 6.61 Å². The van der Waals surface area contributed by atoms with Crippen LogP contribution in [-0.4, -0.2) is 51.4 Å². The molecular formula is C22H27N3O6S. The van der Waals surface area contributed by atoms with Crippen LogP contribution in [0.5, 0.6) is 11.5 Å². The zero-order valence-electron chi connectivity index (χ0n) is 17.8. The highest BCUT2D eigenvalue weighted by Crippen LogP contribution is 2.22. The monoisotopic (exact) mass is 461 g/mol. The quantitative estimate of drug-likeness (QED) is 0.588. The van der Waals surface area contributed by atoms with Gasteiger partial charge >= 0.3 is 0 Å². The molecule has 2 aromatic rings. The van der Waals surface area contributed by atoms with Crippen molar-refractivity contribution in [2.45, 2.75) is 24.7 Å². The zero-order valence-corrected chi connectivity index (χ0v) is 18.6. The first-order valence-corrected chi connectivity index (χ1v) is 11.8. The van der Waals surface area contributed by atoms with Crippen LogP contribution >= 0.6 is 0 Å². The molecule has 1 aliphatic rings. The topological polar surface area (TPSA) is 128 Å². The Morgan fingerprint density at radius 3 is 2.12 bits per heavy atom. The molecule has 2 aromatic carbocycles. The van der Waals surface area contributed by atoms with Crippen molar-refractivity contribution in [1.82, 2.24) is 4.90 Å². The number of ether oxygens (including phenoxy) is 2. The summed E-state index contributed by atoms with van der Waals surface area (Å²) in [5, 5.41) is 0. The number of anilines is 1. The Hall–Kier alpha value is -3.27. The molecule has 1 saturated heterocycles. The number of likely N-dealkylation sites (tertiary alicyclic amines) is 1. The number of rotatable bonds is 9. The van der Waals surface area contributed by atoms with E-state index in [4.69, 9.17) is 15.2 Å². The molecule has 1 heterocycles. The molecule has 0 saturated carbocycles. The van der Waals surface area contributed by atoms with Gasteiger partial charge in [-0.2, -0.15) is 0 Å². The Morgan fingerprint density at radius 2 is 1.56 bits per heavy atom. The number of primary amides is 1. The van der Waals surface area contributed by atoms with Crippen molar-refractivity contribution in [1.29, 1.82) is 0 Å². The Balaban J connectivity index is 1.52. The van der Waals surface area contributed by atoms with E-state index < -0.39 is 10.0 Å². The number of nitrogens with zero attached hydrogens (tertiary/aromatic N) is 1. The van der Waals surface area contributed by atoms with Gasteiger partial charge in [0.2, 0.25) is 5.91 Å². The second-order valence-corrected chi connectivity index (χ2v) is 9.06. The van der Waals surface area contributed by atoms with Gasteiger partial charge in [0, 0.05) is 24.7 Å². The average Bonchev–Trinajstić information content (AvgIpc) is 2.79. The maximum atomic E-state index is 12.6. The van der Waals surface area contributed by atoms with Crippen LogP contribution in [0.1, 0.15) is 19.8 Å². The van der Waals surface area contributed by atoms with Gasteiger partial charge in [0.25, 0.3) is 15.9 Å². The molecule has 0 unspecified atom stereocenters. The summed E-state index contributed by atoms with van der Waals surface area (Å²) in [5.74, 6) is 0.321. The SMILES string of the molecule is CCOc1ccc(NS(=O)(=O)c2ccc(OCC(=O)N3CCC(C(N)=O)CC3)cc2)cc1. The predicted octanol–water partition coefficient (Wildman–Crippen LogP) is 1.99. The second-order valence-electron chi connectivity index (χ2n) is 7.38. The van der Waals surface area contributed by atoms with Gasteiger partial charge in [0.1, 0.15) is 11.5 Å². The van der Waals surface area contributed by atoms with E-state index >= 15 is 0 Å². The first-order valence-electron chi connectivity index (χ1n) is 10.3. The third kappa shape index (κ3) is 6.13. The number of carbonyl (C=O) groups is 2. The van der Waals surface area contributed by atoms with Gasteiger partial charge in [0.05, 0.1) is 11.5 Å². The third-order valence-corrected chi connectivity index (χ3v) is 6.56. The van der Waals surface area contributed by atoms with Crippen molar-refractivity contribution in [3.05, 3.63) is 48.5 Å². The fraction of sp³-hybridized carbons (Fsp3) is 0.364. The summed E-state index contributed by atoms with van der Waals surface area (Å²) in [4.78, 5) is 25.2.